The fourth-order valence-electron chi connectivity index (χ4n) is 4.10. The van der Waals surface area contributed by atoms with E-state index in [1.807, 2.05) is 48.5 Å². The molecule has 3 aromatic rings. The van der Waals surface area contributed by atoms with Crippen LogP contribution < -0.4 is 9.47 Å². The maximum Gasteiger partial charge on any atom is 0.309 e. The van der Waals surface area contributed by atoms with Gasteiger partial charge in [-0.2, -0.15) is 0 Å². The molecule has 1 aliphatic carbocycles. The number of aromatic nitrogens is 1. The number of benzene rings is 2. The van der Waals surface area contributed by atoms with E-state index in [9.17, 15) is 9.59 Å². The number of para-hydroxylation sites is 1. The molecular weight excluding hydrogens is 408 g/mol. The number of rotatable bonds is 7. The maximum atomic E-state index is 13.5. The number of fused-ring (bicyclic) bond motifs is 2. The van der Waals surface area contributed by atoms with Crippen LogP contribution in [0.1, 0.15) is 29.4 Å². The third kappa shape index (κ3) is 4.10. The van der Waals surface area contributed by atoms with Crippen LogP contribution >= 0.6 is 0 Å². The molecule has 0 radical (unpaired) electrons. The van der Waals surface area contributed by atoms with Crippen LogP contribution in [0.2, 0.25) is 0 Å². The minimum atomic E-state index is -0.184. The molecule has 0 saturated heterocycles. The Bertz CT molecular complexity index is 1180. The van der Waals surface area contributed by atoms with E-state index in [-0.39, 0.29) is 30.5 Å². The number of nitrogens with zero attached hydrogens (tertiary/aromatic N) is 2. The predicted molar refractivity (Wildman–Crippen MR) is 117 cm³/mol. The predicted octanol–water partition coefficient (Wildman–Crippen LogP) is 3.81. The van der Waals surface area contributed by atoms with Crippen molar-refractivity contribution in [1.82, 2.24) is 9.88 Å². The Hall–Kier alpha value is -3.61. The standard InChI is InChI=1S/C25H24N2O5/c1-2-30-25(29)19-12-18(19)14-27(13-16-7-10-22-23(11-16)32-15-31-22)24(28)21-9-8-17-5-3-4-6-20(17)26-21/h3-11,18-19H,2,12-15H2,1H3. The van der Waals surface area contributed by atoms with Gasteiger partial charge >= 0.3 is 5.97 Å². The van der Waals surface area contributed by atoms with Crippen molar-refractivity contribution in [2.75, 3.05) is 19.9 Å². The van der Waals surface area contributed by atoms with Gasteiger partial charge in [0.05, 0.1) is 18.0 Å². The summed E-state index contributed by atoms with van der Waals surface area (Å²) in [7, 11) is 0. The lowest BCUT2D eigenvalue weighted by Crippen LogP contribution is -2.33. The van der Waals surface area contributed by atoms with E-state index in [2.05, 4.69) is 4.98 Å². The second-order valence-corrected chi connectivity index (χ2v) is 8.12. The highest BCUT2D eigenvalue weighted by Crippen LogP contribution is 2.41. The third-order valence-electron chi connectivity index (χ3n) is 5.88. The van der Waals surface area contributed by atoms with E-state index in [1.54, 1.807) is 17.9 Å². The van der Waals surface area contributed by atoms with Crippen LogP contribution in [-0.4, -0.2) is 41.7 Å². The Morgan fingerprint density at radius 1 is 1.09 bits per heavy atom. The van der Waals surface area contributed by atoms with Crippen LogP contribution in [0.25, 0.3) is 10.9 Å². The first-order chi connectivity index (χ1) is 15.6. The van der Waals surface area contributed by atoms with Gasteiger partial charge < -0.3 is 19.1 Å². The molecule has 7 heteroatoms. The van der Waals surface area contributed by atoms with E-state index in [0.717, 1.165) is 22.9 Å². The largest absolute Gasteiger partial charge is 0.466 e. The second-order valence-electron chi connectivity index (χ2n) is 8.12. The van der Waals surface area contributed by atoms with Crippen LogP contribution in [0, 0.1) is 11.8 Å². The van der Waals surface area contributed by atoms with Gasteiger partial charge in [-0.3, -0.25) is 9.59 Å². The van der Waals surface area contributed by atoms with Crippen LogP contribution in [0.3, 0.4) is 0 Å². The molecule has 7 nitrogen and oxygen atoms in total. The summed E-state index contributed by atoms with van der Waals surface area (Å²) in [4.78, 5) is 31.9. The summed E-state index contributed by atoms with van der Waals surface area (Å²) in [5.41, 5.74) is 2.09. The minimum absolute atomic E-state index is 0.0902. The number of carbonyl (C=O) groups is 2. The van der Waals surface area contributed by atoms with E-state index >= 15 is 0 Å². The lowest BCUT2D eigenvalue weighted by atomic mass is 10.1. The Morgan fingerprint density at radius 3 is 2.81 bits per heavy atom. The van der Waals surface area contributed by atoms with Crippen LogP contribution in [0.4, 0.5) is 0 Å². The van der Waals surface area contributed by atoms with Crippen molar-refractivity contribution in [2.45, 2.75) is 19.9 Å². The number of amides is 1. The van der Waals surface area contributed by atoms with Gasteiger partial charge in [0.1, 0.15) is 5.69 Å². The summed E-state index contributed by atoms with van der Waals surface area (Å²) in [5, 5.41) is 0.982. The highest BCUT2D eigenvalue weighted by atomic mass is 16.7. The molecule has 1 fully saturated rings. The van der Waals surface area contributed by atoms with Crippen molar-refractivity contribution >= 4 is 22.8 Å². The number of hydrogen-bond donors (Lipinski definition) is 0. The molecule has 0 bridgehead atoms. The molecule has 1 amide bonds. The van der Waals surface area contributed by atoms with Gasteiger partial charge in [-0.05, 0) is 49.1 Å². The summed E-state index contributed by atoms with van der Waals surface area (Å²) in [6.45, 7) is 3.21. The van der Waals surface area contributed by atoms with Gasteiger partial charge in [0.2, 0.25) is 6.79 Å². The first kappa shape index (κ1) is 20.3. The second kappa shape index (κ2) is 8.49. The summed E-state index contributed by atoms with van der Waals surface area (Å²) in [5.74, 6) is 0.973. The Kier molecular flexibility index (Phi) is 5.39. The van der Waals surface area contributed by atoms with Crippen molar-refractivity contribution < 1.29 is 23.8 Å². The lowest BCUT2D eigenvalue weighted by molar-refractivity contribution is -0.145. The molecule has 1 saturated carbocycles. The first-order valence-electron chi connectivity index (χ1n) is 10.8. The topological polar surface area (TPSA) is 78.0 Å². The monoisotopic (exact) mass is 432 g/mol. The van der Waals surface area contributed by atoms with Crippen molar-refractivity contribution in [1.29, 1.82) is 0 Å². The van der Waals surface area contributed by atoms with Gasteiger partial charge in [0, 0.05) is 18.5 Å². The summed E-state index contributed by atoms with van der Waals surface area (Å²) in [6, 6.07) is 17.1. The zero-order valence-electron chi connectivity index (χ0n) is 17.8. The normalized spacial score (nSPS) is 18.4. The van der Waals surface area contributed by atoms with Gasteiger partial charge in [-0.25, -0.2) is 4.98 Å². The summed E-state index contributed by atoms with van der Waals surface area (Å²) < 4.78 is 16.0. The molecule has 2 aliphatic rings. The minimum Gasteiger partial charge on any atom is -0.466 e. The van der Waals surface area contributed by atoms with Gasteiger partial charge in [-0.15, -0.1) is 0 Å². The molecule has 0 spiro atoms. The first-order valence-corrected chi connectivity index (χ1v) is 10.8. The Labute approximate surface area is 185 Å². The number of pyridine rings is 1. The van der Waals surface area contributed by atoms with Gasteiger partial charge in [0.25, 0.3) is 5.91 Å². The van der Waals surface area contributed by atoms with Crippen molar-refractivity contribution in [3.05, 3.63) is 65.9 Å². The molecule has 5 rings (SSSR count). The third-order valence-corrected chi connectivity index (χ3v) is 5.88. The molecule has 164 valence electrons. The summed E-state index contributed by atoms with van der Waals surface area (Å²) >= 11 is 0. The molecule has 2 atom stereocenters. The molecule has 2 unspecified atom stereocenters. The van der Waals surface area contributed by atoms with E-state index in [0.29, 0.717) is 36.9 Å². The van der Waals surface area contributed by atoms with E-state index in [4.69, 9.17) is 14.2 Å². The fraction of sp³-hybridized carbons (Fsp3) is 0.320. The lowest BCUT2D eigenvalue weighted by Gasteiger charge is -2.23. The smallest absolute Gasteiger partial charge is 0.309 e. The van der Waals surface area contributed by atoms with Crippen molar-refractivity contribution in [2.24, 2.45) is 11.8 Å². The number of carbonyl (C=O) groups excluding carboxylic acids is 2. The van der Waals surface area contributed by atoms with Crippen molar-refractivity contribution in [3.8, 4) is 11.5 Å². The highest BCUT2D eigenvalue weighted by molar-refractivity contribution is 5.95. The zero-order chi connectivity index (χ0) is 22.1. The maximum absolute atomic E-state index is 13.5. The number of esters is 1. The highest BCUT2D eigenvalue weighted by Gasteiger charge is 2.45. The quantitative estimate of drug-likeness (QED) is 0.529. The molecule has 32 heavy (non-hydrogen) atoms. The van der Waals surface area contributed by atoms with Crippen molar-refractivity contribution in [3.63, 3.8) is 0 Å². The van der Waals surface area contributed by atoms with Gasteiger partial charge in [-0.1, -0.05) is 30.3 Å². The molecule has 0 N–H and O–H groups in total. The Balaban J connectivity index is 1.39. The molecule has 1 aliphatic heterocycles. The van der Waals surface area contributed by atoms with E-state index < -0.39 is 0 Å². The number of ether oxygens (including phenoxy) is 3. The van der Waals surface area contributed by atoms with Gasteiger partial charge in [0.15, 0.2) is 11.5 Å². The molecule has 2 heterocycles. The average Bonchev–Trinajstić information content (AvgIpc) is 3.43. The fourth-order valence-corrected chi connectivity index (χ4v) is 4.10. The zero-order valence-corrected chi connectivity index (χ0v) is 17.8. The van der Waals surface area contributed by atoms with Crippen LogP contribution in [-0.2, 0) is 16.1 Å². The molecular formula is C25H24N2O5. The molecule has 2 aromatic carbocycles. The molecule has 1 aromatic heterocycles. The van der Waals surface area contributed by atoms with Crippen LogP contribution in [0.5, 0.6) is 11.5 Å². The summed E-state index contributed by atoms with van der Waals surface area (Å²) in [6.07, 6.45) is 0.731. The number of hydrogen-bond acceptors (Lipinski definition) is 6. The van der Waals surface area contributed by atoms with Crippen LogP contribution in [0.15, 0.2) is 54.6 Å². The average molecular weight is 432 g/mol. The Morgan fingerprint density at radius 2 is 1.94 bits per heavy atom. The SMILES string of the molecule is CCOC(=O)C1CC1CN(Cc1ccc2c(c1)OCO2)C(=O)c1ccc2ccccc2n1. The van der Waals surface area contributed by atoms with E-state index in [1.165, 1.54) is 0 Å².